The highest BCUT2D eigenvalue weighted by molar-refractivity contribution is 6.20. The molecule has 1 aliphatic rings. The summed E-state index contributed by atoms with van der Waals surface area (Å²) in [7, 11) is 0. The maximum atomic E-state index is 6.16. The summed E-state index contributed by atoms with van der Waals surface area (Å²) in [4.78, 5) is 0. The van der Waals surface area contributed by atoms with Crippen molar-refractivity contribution in [1.82, 2.24) is 5.32 Å². The Morgan fingerprint density at radius 3 is 2.86 bits per heavy atom. The molecule has 0 aromatic heterocycles. The average molecular weight is 218 g/mol. The minimum atomic E-state index is 0.442. The molecule has 14 heavy (non-hydrogen) atoms. The van der Waals surface area contributed by atoms with Crippen molar-refractivity contribution in [3.8, 4) is 0 Å². The lowest BCUT2D eigenvalue weighted by molar-refractivity contribution is 0.330. The molecule has 0 amide bonds. The molecule has 0 heterocycles. The van der Waals surface area contributed by atoms with Gasteiger partial charge in [0.15, 0.2) is 0 Å². The Morgan fingerprint density at radius 2 is 2.21 bits per heavy atom. The fourth-order valence-electron chi connectivity index (χ4n) is 2.31. The van der Waals surface area contributed by atoms with Gasteiger partial charge in [0.05, 0.1) is 0 Å². The van der Waals surface area contributed by atoms with E-state index >= 15 is 0 Å². The molecule has 0 spiro atoms. The maximum Gasteiger partial charge on any atom is 0.0339 e. The summed E-state index contributed by atoms with van der Waals surface area (Å²) in [6, 6.07) is 0.677. The third-order valence-electron chi connectivity index (χ3n) is 3.20. The standard InChI is InChI=1S/C12H24ClN/c1-3-5-10(2)14-9-11-6-4-7-12(13)8-11/h10-12,14H,3-9H2,1-2H3. The Labute approximate surface area is 93.6 Å². The van der Waals surface area contributed by atoms with Crippen molar-refractivity contribution < 1.29 is 0 Å². The van der Waals surface area contributed by atoms with E-state index in [0.29, 0.717) is 11.4 Å². The largest absolute Gasteiger partial charge is 0.314 e. The summed E-state index contributed by atoms with van der Waals surface area (Å²) < 4.78 is 0. The third-order valence-corrected chi connectivity index (χ3v) is 3.59. The average Bonchev–Trinajstić information content (AvgIpc) is 2.15. The number of alkyl halides is 1. The molecule has 0 radical (unpaired) electrons. The molecule has 1 fully saturated rings. The second-order valence-corrected chi connectivity index (χ2v) is 5.35. The van der Waals surface area contributed by atoms with Crippen LogP contribution in [0, 0.1) is 5.92 Å². The number of hydrogen-bond acceptors (Lipinski definition) is 1. The van der Waals surface area contributed by atoms with Crippen LogP contribution in [0.3, 0.4) is 0 Å². The SMILES string of the molecule is CCCC(C)NCC1CCCC(Cl)C1. The molecule has 0 bridgehead atoms. The lowest BCUT2D eigenvalue weighted by Crippen LogP contribution is -2.33. The molecule has 0 aliphatic heterocycles. The van der Waals surface area contributed by atoms with Gasteiger partial charge in [0.25, 0.3) is 0 Å². The Hall–Kier alpha value is 0.250. The van der Waals surface area contributed by atoms with Gasteiger partial charge in [0.1, 0.15) is 0 Å². The molecule has 1 N–H and O–H groups in total. The first-order chi connectivity index (χ1) is 6.72. The Kier molecular flexibility index (Phi) is 5.88. The third kappa shape index (κ3) is 4.65. The summed E-state index contributed by atoms with van der Waals surface area (Å²) in [6.07, 6.45) is 7.70. The Bertz CT molecular complexity index is 149. The van der Waals surface area contributed by atoms with Crippen molar-refractivity contribution >= 4 is 11.6 Å². The summed E-state index contributed by atoms with van der Waals surface area (Å²) in [5.41, 5.74) is 0. The summed E-state index contributed by atoms with van der Waals surface area (Å²) >= 11 is 6.16. The number of halogens is 1. The monoisotopic (exact) mass is 217 g/mol. The van der Waals surface area contributed by atoms with E-state index in [9.17, 15) is 0 Å². The van der Waals surface area contributed by atoms with Crippen molar-refractivity contribution in [1.29, 1.82) is 0 Å². The van der Waals surface area contributed by atoms with Gasteiger partial charge in [-0.05, 0) is 45.1 Å². The van der Waals surface area contributed by atoms with E-state index in [1.807, 2.05) is 0 Å². The molecule has 1 aliphatic carbocycles. The lowest BCUT2D eigenvalue weighted by atomic mass is 9.88. The lowest BCUT2D eigenvalue weighted by Gasteiger charge is -2.27. The minimum absolute atomic E-state index is 0.442. The van der Waals surface area contributed by atoms with E-state index in [-0.39, 0.29) is 0 Å². The van der Waals surface area contributed by atoms with E-state index in [0.717, 1.165) is 5.92 Å². The molecule has 2 heteroatoms. The molecule has 0 aromatic carbocycles. The van der Waals surface area contributed by atoms with E-state index in [1.54, 1.807) is 0 Å². The van der Waals surface area contributed by atoms with Crippen molar-refractivity contribution in [2.24, 2.45) is 5.92 Å². The smallest absolute Gasteiger partial charge is 0.0339 e. The Morgan fingerprint density at radius 1 is 1.43 bits per heavy atom. The fourth-order valence-corrected chi connectivity index (χ4v) is 2.72. The second kappa shape index (κ2) is 6.68. The number of hydrogen-bond donors (Lipinski definition) is 1. The second-order valence-electron chi connectivity index (χ2n) is 4.73. The van der Waals surface area contributed by atoms with Gasteiger partial charge in [-0.15, -0.1) is 11.6 Å². The maximum absolute atomic E-state index is 6.16. The van der Waals surface area contributed by atoms with Crippen molar-refractivity contribution in [2.45, 2.75) is 63.8 Å². The van der Waals surface area contributed by atoms with Gasteiger partial charge >= 0.3 is 0 Å². The zero-order chi connectivity index (χ0) is 10.4. The predicted molar refractivity (Wildman–Crippen MR) is 64.0 cm³/mol. The van der Waals surface area contributed by atoms with Crippen LogP contribution in [0.4, 0.5) is 0 Å². The minimum Gasteiger partial charge on any atom is -0.314 e. The molecule has 1 rings (SSSR count). The first-order valence-corrected chi connectivity index (χ1v) is 6.53. The predicted octanol–water partition coefficient (Wildman–Crippen LogP) is 3.56. The Balaban J connectivity index is 2.10. The summed E-state index contributed by atoms with van der Waals surface area (Å²) in [6.45, 7) is 5.70. The van der Waals surface area contributed by atoms with E-state index in [2.05, 4.69) is 19.2 Å². The van der Waals surface area contributed by atoms with Crippen molar-refractivity contribution in [2.75, 3.05) is 6.54 Å². The zero-order valence-corrected chi connectivity index (χ0v) is 10.3. The van der Waals surface area contributed by atoms with Gasteiger partial charge in [0, 0.05) is 11.4 Å². The van der Waals surface area contributed by atoms with Crippen molar-refractivity contribution in [3.63, 3.8) is 0 Å². The van der Waals surface area contributed by atoms with Gasteiger partial charge in [-0.3, -0.25) is 0 Å². The zero-order valence-electron chi connectivity index (χ0n) is 9.56. The van der Waals surface area contributed by atoms with Crippen LogP contribution in [0.15, 0.2) is 0 Å². The first-order valence-electron chi connectivity index (χ1n) is 6.09. The van der Waals surface area contributed by atoms with Gasteiger partial charge in [-0.2, -0.15) is 0 Å². The van der Waals surface area contributed by atoms with Gasteiger partial charge in [-0.25, -0.2) is 0 Å². The van der Waals surface area contributed by atoms with Gasteiger partial charge < -0.3 is 5.32 Å². The molecule has 84 valence electrons. The molecule has 3 unspecified atom stereocenters. The number of nitrogens with one attached hydrogen (secondary N) is 1. The quantitative estimate of drug-likeness (QED) is 0.695. The van der Waals surface area contributed by atoms with Gasteiger partial charge in [0.2, 0.25) is 0 Å². The van der Waals surface area contributed by atoms with Crippen LogP contribution < -0.4 is 5.32 Å². The van der Waals surface area contributed by atoms with Crippen LogP contribution in [-0.2, 0) is 0 Å². The van der Waals surface area contributed by atoms with Gasteiger partial charge in [-0.1, -0.05) is 19.8 Å². The van der Waals surface area contributed by atoms with E-state index in [4.69, 9.17) is 11.6 Å². The molecule has 0 saturated heterocycles. The highest BCUT2D eigenvalue weighted by Gasteiger charge is 2.20. The van der Waals surface area contributed by atoms with E-state index < -0.39 is 0 Å². The highest BCUT2D eigenvalue weighted by Crippen LogP contribution is 2.27. The van der Waals surface area contributed by atoms with Crippen LogP contribution in [0.2, 0.25) is 0 Å². The molecule has 0 aromatic rings. The molecule has 3 atom stereocenters. The van der Waals surface area contributed by atoms with Crippen LogP contribution in [0.25, 0.3) is 0 Å². The van der Waals surface area contributed by atoms with Crippen LogP contribution in [-0.4, -0.2) is 18.0 Å². The normalized spacial score (nSPS) is 30.2. The van der Waals surface area contributed by atoms with Crippen LogP contribution >= 0.6 is 11.6 Å². The van der Waals surface area contributed by atoms with Crippen LogP contribution in [0.1, 0.15) is 52.4 Å². The number of rotatable bonds is 5. The summed E-state index contributed by atoms with van der Waals surface area (Å²) in [5, 5.41) is 4.06. The molecule has 1 saturated carbocycles. The van der Waals surface area contributed by atoms with Crippen LogP contribution in [0.5, 0.6) is 0 Å². The highest BCUT2D eigenvalue weighted by atomic mass is 35.5. The molecule has 1 nitrogen and oxygen atoms in total. The van der Waals surface area contributed by atoms with E-state index in [1.165, 1.54) is 45.1 Å². The molecular formula is C12H24ClN. The summed E-state index contributed by atoms with van der Waals surface area (Å²) in [5.74, 6) is 0.825. The topological polar surface area (TPSA) is 12.0 Å². The fraction of sp³-hybridized carbons (Fsp3) is 1.00. The molecular weight excluding hydrogens is 194 g/mol. The first kappa shape index (κ1) is 12.3. The van der Waals surface area contributed by atoms with Crippen molar-refractivity contribution in [3.05, 3.63) is 0 Å².